The van der Waals surface area contributed by atoms with Gasteiger partial charge < -0.3 is 5.73 Å². The Kier molecular flexibility index (Phi) is 8.10. The molecule has 0 spiro atoms. The molecule has 2 heterocycles. The van der Waals surface area contributed by atoms with Crippen molar-refractivity contribution in [2.24, 2.45) is 10.8 Å². The van der Waals surface area contributed by atoms with Gasteiger partial charge in [0.2, 0.25) is 0 Å². The summed E-state index contributed by atoms with van der Waals surface area (Å²) in [5.41, 5.74) is 16.4. The SMILES string of the molecule is CC1(Cc2cc(-c3cccc(N)c3)nc(C(C)(C)c3cc(CC4(C)CCCC4)cc(-c4cccc(C#N)c4)n3)c2)CCCC1. The van der Waals surface area contributed by atoms with Crippen LogP contribution in [0.5, 0.6) is 0 Å². The van der Waals surface area contributed by atoms with Crippen molar-refractivity contribution in [3.05, 3.63) is 101 Å². The molecule has 0 amide bonds. The Morgan fingerprint density at radius 2 is 1.18 bits per heavy atom. The zero-order valence-corrected chi connectivity index (χ0v) is 26.9. The lowest BCUT2D eigenvalue weighted by Gasteiger charge is -2.29. The number of pyridine rings is 2. The van der Waals surface area contributed by atoms with Crippen molar-refractivity contribution in [3.8, 4) is 28.6 Å². The number of hydrogen-bond acceptors (Lipinski definition) is 4. The van der Waals surface area contributed by atoms with Crippen LogP contribution in [0.1, 0.15) is 107 Å². The number of anilines is 1. The van der Waals surface area contributed by atoms with Crippen molar-refractivity contribution < 1.29 is 0 Å². The molecule has 2 aliphatic carbocycles. The maximum Gasteiger partial charge on any atom is 0.0991 e. The molecule has 2 aliphatic rings. The lowest BCUT2D eigenvalue weighted by Crippen LogP contribution is -2.25. The van der Waals surface area contributed by atoms with E-state index in [1.54, 1.807) is 0 Å². The van der Waals surface area contributed by atoms with E-state index >= 15 is 0 Å². The van der Waals surface area contributed by atoms with E-state index in [2.05, 4.69) is 70.2 Å². The highest BCUT2D eigenvalue weighted by Gasteiger charge is 2.33. The second-order valence-electron chi connectivity index (χ2n) is 14.8. The van der Waals surface area contributed by atoms with E-state index in [1.807, 2.05) is 36.4 Å². The summed E-state index contributed by atoms with van der Waals surface area (Å²) in [4.78, 5) is 10.6. The van der Waals surface area contributed by atoms with Crippen molar-refractivity contribution in [1.82, 2.24) is 9.97 Å². The Labute approximate surface area is 263 Å². The number of benzene rings is 2. The van der Waals surface area contributed by atoms with Crippen LogP contribution in [0.25, 0.3) is 22.5 Å². The van der Waals surface area contributed by atoms with Gasteiger partial charge in [0, 0.05) is 22.2 Å². The molecule has 2 aromatic heterocycles. The molecule has 4 aromatic rings. The molecule has 226 valence electrons. The summed E-state index contributed by atoms with van der Waals surface area (Å²) in [5.74, 6) is 0. The minimum atomic E-state index is -0.449. The Hall–Kier alpha value is -3.97. The monoisotopic (exact) mass is 582 g/mol. The molecule has 2 saturated carbocycles. The van der Waals surface area contributed by atoms with Crippen LogP contribution in [0.3, 0.4) is 0 Å². The van der Waals surface area contributed by atoms with Crippen LogP contribution in [-0.2, 0) is 18.3 Å². The van der Waals surface area contributed by atoms with Gasteiger partial charge in [-0.15, -0.1) is 0 Å². The minimum absolute atomic E-state index is 0.309. The van der Waals surface area contributed by atoms with E-state index in [-0.39, 0.29) is 0 Å². The number of hydrogen-bond donors (Lipinski definition) is 1. The van der Waals surface area contributed by atoms with E-state index in [0.717, 1.165) is 52.4 Å². The Bertz CT molecular complexity index is 1700. The molecular weight excluding hydrogens is 536 g/mol. The second kappa shape index (κ2) is 11.8. The maximum atomic E-state index is 9.62. The number of nitriles is 1. The lowest BCUT2D eigenvalue weighted by molar-refractivity contribution is 0.334. The number of nitrogens with zero attached hydrogens (tertiary/aromatic N) is 3. The van der Waals surface area contributed by atoms with Crippen molar-refractivity contribution in [1.29, 1.82) is 5.26 Å². The molecule has 44 heavy (non-hydrogen) atoms. The fourth-order valence-electron chi connectivity index (χ4n) is 7.69. The van der Waals surface area contributed by atoms with Gasteiger partial charge in [-0.25, -0.2) is 0 Å². The first kappa shape index (κ1) is 30.1. The smallest absolute Gasteiger partial charge is 0.0991 e. The van der Waals surface area contributed by atoms with Crippen LogP contribution < -0.4 is 5.73 Å². The van der Waals surface area contributed by atoms with Gasteiger partial charge in [0.15, 0.2) is 0 Å². The summed E-state index contributed by atoms with van der Waals surface area (Å²) in [6.07, 6.45) is 12.4. The largest absolute Gasteiger partial charge is 0.399 e. The van der Waals surface area contributed by atoms with Gasteiger partial charge in [0.1, 0.15) is 0 Å². The number of nitrogens with two attached hydrogens (primary N) is 1. The van der Waals surface area contributed by atoms with Crippen molar-refractivity contribution in [2.75, 3.05) is 5.73 Å². The first-order chi connectivity index (χ1) is 21.0. The fourth-order valence-corrected chi connectivity index (χ4v) is 7.69. The molecule has 2 N–H and O–H groups in total. The highest BCUT2D eigenvalue weighted by Crippen LogP contribution is 2.43. The van der Waals surface area contributed by atoms with Crippen LogP contribution in [0.2, 0.25) is 0 Å². The van der Waals surface area contributed by atoms with E-state index in [4.69, 9.17) is 15.7 Å². The van der Waals surface area contributed by atoms with Gasteiger partial charge in [-0.3, -0.25) is 9.97 Å². The molecule has 2 fully saturated rings. The average Bonchev–Trinajstić information content (AvgIpc) is 3.64. The molecule has 0 bridgehead atoms. The van der Waals surface area contributed by atoms with Crippen LogP contribution in [0.4, 0.5) is 5.69 Å². The molecule has 4 nitrogen and oxygen atoms in total. The van der Waals surface area contributed by atoms with Crippen LogP contribution in [-0.4, -0.2) is 9.97 Å². The second-order valence-corrected chi connectivity index (χ2v) is 14.8. The maximum absolute atomic E-state index is 9.62. The highest BCUT2D eigenvalue weighted by atomic mass is 14.8. The predicted octanol–water partition coefficient (Wildman–Crippen LogP) is 9.84. The summed E-state index contributed by atoms with van der Waals surface area (Å²) in [7, 11) is 0. The van der Waals surface area contributed by atoms with Gasteiger partial charge >= 0.3 is 0 Å². The highest BCUT2D eigenvalue weighted by molar-refractivity contribution is 5.66. The summed E-state index contributed by atoms with van der Waals surface area (Å²) < 4.78 is 0. The molecule has 0 aliphatic heterocycles. The van der Waals surface area contributed by atoms with Gasteiger partial charge in [-0.2, -0.15) is 5.26 Å². The third-order valence-corrected chi connectivity index (χ3v) is 10.4. The van der Waals surface area contributed by atoms with E-state index in [9.17, 15) is 5.26 Å². The Morgan fingerprint density at radius 1 is 0.705 bits per heavy atom. The standard InChI is InChI=1S/C40H46N4/c1-38(2,37-23-30(26-40(4)17-7-8-18-40)21-35(44-37)32-13-10-14-33(42)24-32)36-22-29(25-39(3)15-5-6-16-39)20-34(43-36)31-12-9-11-28(19-31)27-41/h9-14,19-24H,5-8,15-18,25-26,42H2,1-4H3. The van der Waals surface area contributed by atoms with E-state index < -0.39 is 5.41 Å². The first-order valence-corrected chi connectivity index (χ1v) is 16.4. The van der Waals surface area contributed by atoms with Gasteiger partial charge in [-0.1, -0.05) is 63.8 Å². The van der Waals surface area contributed by atoms with Crippen LogP contribution in [0.15, 0.2) is 72.8 Å². The third-order valence-electron chi connectivity index (χ3n) is 10.4. The number of nitrogen functional groups attached to an aromatic ring is 1. The lowest BCUT2D eigenvalue weighted by atomic mass is 9.78. The summed E-state index contributed by atoms with van der Waals surface area (Å²) >= 11 is 0. The zero-order valence-electron chi connectivity index (χ0n) is 26.9. The van der Waals surface area contributed by atoms with E-state index in [0.29, 0.717) is 16.4 Å². The topological polar surface area (TPSA) is 75.6 Å². The fraction of sp³-hybridized carbons (Fsp3) is 0.425. The normalized spacial score (nSPS) is 17.4. The molecule has 0 saturated heterocycles. The van der Waals surface area contributed by atoms with Gasteiger partial charge in [0.05, 0.1) is 34.4 Å². The van der Waals surface area contributed by atoms with Crippen molar-refractivity contribution in [2.45, 2.75) is 97.3 Å². The number of rotatable bonds is 8. The number of aromatic nitrogens is 2. The zero-order chi connectivity index (χ0) is 31.0. The summed E-state index contributed by atoms with van der Waals surface area (Å²) in [5, 5.41) is 9.62. The van der Waals surface area contributed by atoms with Gasteiger partial charge in [0.25, 0.3) is 0 Å². The van der Waals surface area contributed by atoms with Crippen LogP contribution in [0, 0.1) is 22.2 Å². The Morgan fingerprint density at radius 3 is 1.66 bits per heavy atom. The average molecular weight is 583 g/mol. The predicted molar refractivity (Wildman–Crippen MR) is 181 cm³/mol. The molecule has 0 atom stereocenters. The summed E-state index contributed by atoms with van der Waals surface area (Å²) in [6, 6.07) is 27.4. The van der Waals surface area contributed by atoms with E-state index in [1.165, 1.54) is 62.5 Å². The first-order valence-electron chi connectivity index (χ1n) is 16.4. The molecule has 0 unspecified atom stereocenters. The molecule has 2 aromatic carbocycles. The molecular formula is C40H46N4. The Balaban J connectivity index is 1.48. The van der Waals surface area contributed by atoms with Crippen LogP contribution >= 0.6 is 0 Å². The third kappa shape index (κ3) is 6.43. The quantitative estimate of drug-likeness (QED) is 0.210. The summed E-state index contributed by atoms with van der Waals surface area (Å²) in [6.45, 7) is 9.41. The molecule has 4 heteroatoms. The van der Waals surface area contributed by atoms with Crippen molar-refractivity contribution >= 4 is 5.69 Å². The van der Waals surface area contributed by atoms with Gasteiger partial charge in [-0.05, 0) is 123 Å². The molecule has 0 radical (unpaired) electrons. The molecule has 6 rings (SSSR count). The minimum Gasteiger partial charge on any atom is -0.399 e. The van der Waals surface area contributed by atoms with Crippen molar-refractivity contribution in [3.63, 3.8) is 0 Å².